The van der Waals surface area contributed by atoms with Crippen molar-refractivity contribution in [3.63, 3.8) is 0 Å². The second kappa shape index (κ2) is 8.52. The van der Waals surface area contributed by atoms with Gasteiger partial charge in [-0.05, 0) is 37.5 Å². The lowest BCUT2D eigenvalue weighted by molar-refractivity contribution is 0.0728. The molecular formula is C17H25ClN2O3. The summed E-state index contributed by atoms with van der Waals surface area (Å²) in [4.78, 5) is 12.2. The van der Waals surface area contributed by atoms with Crippen LogP contribution in [-0.4, -0.2) is 36.4 Å². The molecule has 0 aliphatic heterocycles. The number of nitrogens with one attached hydrogen (secondary N) is 2. The van der Waals surface area contributed by atoms with Crippen molar-refractivity contribution in [2.24, 2.45) is 0 Å². The van der Waals surface area contributed by atoms with Crippen molar-refractivity contribution < 1.29 is 14.6 Å². The number of urea groups is 1. The second-order valence-electron chi connectivity index (χ2n) is 6.07. The maximum Gasteiger partial charge on any atom is 0.315 e. The zero-order chi connectivity index (χ0) is 16.8. The fourth-order valence-corrected chi connectivity index (χ4v) is 3.18. The highest BCUT2D eigenvalue weighted by atomic mass is 35.5. The Morgan fingerprint density at radius 2 is 1.96 bits per heavy atom. The summed E-state index contributed by atoms with van der Waals surface area (Å²) in [6.45, 7) is 1.89. The van der Waals surface area contributed by atoms with Crippen LogP contribution < -0.4 is 10.6 Å². The molecule has 6 heteroatoms. The summed E-state index contributed by atoms with van der Waals surface area (Å²) in [5.41, 5.74) is 0.947. The number of hydrogen-bond acceptors (Lipinski definition) is 3. The van der Waals surface area contributed by atoms with Gasteiger partial charge in [-0.1, -0.05) is 36.6 Å². The summed E-state index contributed by atoms with van der Waals surface area (Å²) in [6, 6.07) is 6.70. The Morgan fingerprint density at radius 3 is 2.57 bits per heavy atom. The van der Waals surface area contributed by atoms with Gasteiger partial charge in [0.25, 0.3) is 0 Å². The van der Waals surface area contributed by atoms with Gasteiger partial charge in [-0.2, -0.15) is 0 Å². The molecule has 1 aliphatic rings. The lowest BCUT2D eigenvalue weighted by atomic mass is 9.93. The average molecular weight is 341 g/mol. The maximum absolute atomic E-state index is 12.2. The number of hydrogen-bond donors (Lipinski definition) is 3. The van der Waals surface area contributed by atoms with Crippen LogP contribution in [0.15, 0.2) is 24.3 Å². The Labute approximate surface area is 142 Å². The van der Waals surface area contributed by atoms with E-state index in [4.69, 9.17) is 16.3 Å². The Kier molecular flexibility index (Phi) is 6.69. The third-order valence-electron chi connectivity index (χ3n) is 4.31. The standard InChI is InChI=1S/C17H25ClN2O3/c1-11(16(23-2)12-7-9-13(18)10-8-12)19-17(22)20-14-5-3-4-6-15(14)21/h7-11,14-16,21H,3-6H2,1-2H3,(H2,19,20,22). The molecule has 1 fully saturated rings. The zero-order valence-electron chi connectivity index (χ0n) is 13.6. The van der Waals surface area contributed by atoms with Crippen LogP contribution in [-0.2, 0) is 4.74 Å². The molecule has 4 unspecified atom stereocenters. The topological polar surface area (TPSA) is 70.6 Å². The molecule has 2 amide bonds. The molecular weight excluding hydrogens is 316 g/mol. The number of carbonyl (C=O) groups is 1. The lowest BCUT2D eigenvalue weighted by Crippen LogP contribution is -2.51. The quantitative estimate of drug-likeness (QED) is 0.771. The molecule has 5 nitrogen and oxygen atoms in total. The van der Waals surface area contributed by atoms with E-state index in [9.17, 15) is 9.90 Å². The molecule has 1 saturated carbocycles. The normalized spacial score (nSPS) is 23.8. The fraction of sp³-hybridized carbons (Fsp3) is 0.588. The fourth-order valence-electron chi connectivity index (χ4n) is 3.05. The highest BCUT2D eigenvalue weighted by Gasteiger charge is 2.26. The summed E-state index contributed by atoms with van der Waals surface area (Å²) >= 11 is 5.90. The number of carbonyl (C=O) groups excluding carboxylic acids is 1. The smallest absolute Gasteiger partial charge is 0.315 e. The number of aliphatic hydroxyl groups excluding tert-OH is 1. The maximum atomic E-state index is 12.2. The van der Waals surface area contributed by atoms with Gasteiger partial charge in [0, 0.05) is 12.1 Å². The number of amides is 2. The first-order valence-electron chi connectivity index (χ1n) is 8.04. The molecule has 4 atom stereocenters. The van der Waals surface area contributed by atoms with Crippen LogP contribution in [0.3, 0.4) is 0 Å². The van der Waals surface area contributed by atoms with Gasteiger partial charge in [0.05, 0.1) is 18.2 Å². The van der Waals surface area contributed by atoms with E-state index in [0.717, 1.165) is 31.2 Å². The van der Waals surface area contributed by atoms with E-state index < -0.39 is 6.10 Å². The molecule has 23 heavy (non-hydrogen) atoms. The van der Waals surface area contributed by atoms with E-state index in [1.807, 2.05) is 19.1 Å². The summed E-state index contributed by atoms with van der Waals surface area (Å²) in [5, 5.41) is 16.3. The van der Waals surface area contributed by atoms with Crippen molar-refractivity contribution in [2.75, 3.05) is 7.11 Å². The molecule has 0 radical (unpaired) electrons. The molecule has 0 aromatic heterocycles. The van der Waals surface area contributed by atoms with Gasteiger partial charge >= 0.3 is 6.03 Å². The first-order chi connectivity index (χ1) is 11.0. The van der Waals surface area contributed by atoms with Gasteiger partial charge in [-0.15, -0.1) is 0 Å². The van der Waals surface area contributed by atoms with E-state index in [1.54, 1.807) is 19.2 Å². The number of rotatable bonds is 5. The van der Waals surface area contributed by atoms with Crippen molar-refractivity contribution >= 4 is 17.6 Å². The first-order valence-corrected chi connectivity index (χ1v) is 8.42. The van der Waals surface area contributed by atoms with Crippen LogP contribution in [0, 0.1) is 0 Å². The molecule has 128 valence electrons. The van der Waals surface area contributed by atoms with Crippen molar-refractivity contribution in [3.05, 3.63) is 34.9 Å². The van der Waals surface area contributed by atoms with Gasteiger partial charge in [-0.3, -0.25) is 0 Å². The Hall–Kier alpha value is -1.30. The summed E-state index contributed by atoms with van der Waals surface area (Å²) < 4.78 is 5.52. The molecule has 1 aromatic rings. The average Bonchev–Trinajstić information content (AvgIpc) is 2.52. The first kappa shape index (κ1) is 18.0. The van der Waals surface area contributed by atoms with Crippen molar-refractivity contribution in [1.82, 2.24) is 10.6 Å². The predicted molar refractivity (Wildman–Crippen MR) is 90.6 cm³/mol. The van der Waals surface area contributed by atoms with Gasteiger partial charge in [0.1, 0.15) is 6.10 Å². The summed E-state index contributed by atoms with van der Waals surface area (Å²) in [6.07, 6.45) is 2.87. The lowest BCUT2D eigenvalue weighted by Gasteiger charge is -2.30. The van der Waals surface area contributed by atoms with Crippen LogP contribution in [0.2, 0.25) is 5.02 Å². The second-order valence-corrected chi connectivity index (χ2v) is 6.51. The Bertz CT molecular complexity index is 509. The van der Waals surface area contributed by atoms with Crippen LogP contribution in [0.5, 0.6) is 0 Å². The predicted octanol–water partition coefficient (Wildman–Crippen LogP) is 3.02. The van der Waals surface area contributed by atoms with Gasteiger partial charge in [0.15, 0.2) is 0 Å². The van der Waals surface area contributed by atoms with E-state index in [0.29, 0.717) is 5.02 Å². The number of methoxy groups -OCH3 is 1. The van der Waals surface area contributed by atoms with Crippen LogP contribution in [0.25, 0.3) is 0 Å². The largest absolute Gasteiger partial charge is 0.391 e. The third-order valence-corrected chi connectivity index (χ3v) is 4.56. The van der Waals surface area contributed by atoms with E-state index in [2.05, 4.69) is 10.6 Å². The molecule has 0 bridgehead atoms. The van der Waals surface area contributed by atoms with E-state index in [-0.39, 0.29) is 24.2 Å². The highest BCUT2D eigenvalue weighted by molar-refractivity contribution is 6.30. The number of ether oxygens (including phenoxy) is 1. The van der Waals surface area contributed by atoms with Gasteiger partial charge in [-0.25, -0.2) is 4.79 Å². The highest BCUT2D eigenvalue weighted by Crippen LogP contribution is 2.23. The SMILES string of the molecule is COC(c1ccc(Cl)cc1)C(C)NC(=O)NC1CCCCC1O. The minimum absolute atomic E-state index is 0.174. The van der Waals surface area contributed by atoms with E-state index >= 15 is 0 Å². The minimum Gasteiger partial charge on any atom is -0.391 e. The van der Waals surface area contributed by atoms with Crippen molar-refractivity contribution in [3.8, 4) is 0 Å². The Balaban J connectivity index is 1.91. The minimum atomic E-state index is -0.459. The van der Waals surface area contributed by atoms with Crippen molar-refractivity contribution in [2.45, 2.75) is 56.9 Å². The van der Waals surface area contributed by atoms with E-state index in [1.165, 1.54) is 0 Å². The molecule has 2 rings (SSSR count). The molecule has 0 spiro atoms. The molecule has 0 saturated heterocycles. The molecule has 1 aromatic carbocycles. The zero-order valence-corrected chi connectivity index (χ0v) is 14.3. The third kappa shape index (κ3) is 5.09. The number of halogens is 1. The van der Waals surface area contributed by atoms with Crippen LogP contribution in [0.4, 0.5) is 4.79 Å². The molecule has 3 N–H and O–H groups in total. The van der Waals surface area contributed by atoms with Crippen LogP contribution in [0.1, 0.15) is 44.3 Å². The van der Waals surface area contributed by atoms with Crippen LogP contribution >= 0.6 is 11.6 Å². The van der Waals surface area contributed by atoms with Crippen molar-refractivity contribution in [1.29, 1.82) is 0 Å². The van der Waals surface area contributed by atoms with Gasteiger partial charge < -0.3 is 20.5 Å². The monoisotopic (exact) mass is 340 g/mol. The number of aliphatic hydroxyl groups is 1. The molecule has 1 aliphatic carbocycles. The summed E-state index contributed by atoms with van der Waals surface area (Å²) in [7, 11) is 1.61. The Morgan fingerprint density at radius 1 is 1.30 bits per heavy atom. The van der Waals surface area contributed by atoms with Gasteiger partial charge in [0.2, 0.25) is 0 Å². The number of benzene rings is 1. The molecule has 0 heterocycles. The summed E-state index contributed by atoms with van der Waals surface area (Å²) in [5.74, 6) is 0.